The van der Waals surface area contributed by atoms with E-state index in [1.807, 2.05) is 34.6 Å². The van der Waals surface area contributed by atoms with Gasteiger partial charge >= 0.3 is 0 Å². The van der Waals surface area contributed by atoms with Crippen molar-refractivity contribution in [2.24, 2.45) is 11.7 Å². The van der Waals surface area contributed by atoms with E-state index in [1.165, 1.54) is 0 Å². The van der Waals surface area contributed by atoms with Crippen molar-refractivity contribution < 1.29 is 9.21 Å². The highest BCUT2D eigenvalue weighted by Gasteiger charge is 2.30. The molecule has 0 aliphatic heterocycles. The van der Waals surface area contributed by atoms with Crippen LogP contribution in [0.15, 0.2) is 10.5 Å². The van der Waals surface area contributed by atoms with Crippen LogP contribution in [0.4, 0.5) is 0 Å². The minimum Gasteiger partial charge on any atom is -0.456 e. The van der Waals surface area contributed by atoms with Gasteiger partial charge in [0.15, 0.2) is 5.76 Å². The summed E-state index contributed by atoms with van der Waals surface area (Å²) in [6, 6.07) is 1.78. The van der Waals surface area contributed by atoms with Crippen LogP contribution in [-0.2, 0) is 6.42 Å². The lowest BCUT2D eigenvalue weighted by Gasteiger charge is -2.33. The molecule has 0 radical (unpaired) electrons. The topological polar surface area (TPSA) is 68.3 Å². The number of carbonyl (C=O) groups is 1. The molecule has 4 nitrogen and oxygen atoms in total. The predicted octanol–water partition coefficient (Wildman–Crippen LogP) is 2.25. The van der Waals surface area contributed by atoms with Crippen molar-refractivity contribution in [2.75, 3.05) is 6.54 Å². The van der Waals surface area contributed by atoms with Crippen molar-refractivity contribution in [3.05, 3.63) is 23.2 Å². The Hall–Kier alpha value is -1.29. The lowest BCUT2D eigenvalue weighted by Crippen LogP contribution is -2.54. The molecule has 0 spiro atoms. The molecule has 1 heterocycles. The van der Waals surface area contributed by atoms with Gasteiger partial charge in [0.2, 0.25) is 0 Å². The van der Waals surface area contributed by atoms with E-state index in [0.29, 0.717) is 12.3 Å². The molecule has 4 heteroatoms. The smallest absolute Gasteiger partial charge is 0.287 e. The minimum atomic E-state index is -0.413. The average molecular weight is 252 g/mol. The molecule has 0 aliphatic carbocycles. The van der Waals surface area contributed by atoms with E-state index in [2.05, 4.69) is 5.32 Å². The summed E-state index contributed by atoms with van der Waals surface area (Å²) in [6.07, 6.45) is 0.789. The second-order valence-electron chi connectivity index (χ2n) is 5.30. The van der Waals surface area contributed by atoms with Crippen molar-refractivity contribution in [3.63, 3.8) is 0 Å². The van der Waals surface area contributed by atoms with E-state index >= 15 is 0 Å². The molecule has 1 rings (SSSR count). The van der Waals surface area contributed by atoms with Crippen LogP contribution in [0.2, 0.25) is 0 Å². The maximum absolute atomic E-state index is 12.1. The van der Waals surface area contributed by atoms with Crippen molar-refractivity contribution in [1.82, 2.24) is 5.32 Å². The van der Waals surface area contributed by atoms with Crippen LogP contribution >= 0.6 is 0 Å². The molecule has 1 atom stereocenters. The van der Waals surface area contributed by atoms with Gasteiger partial charge in [-0.2, -0.15) is 0 Å². The molecule has 1 aromatic heterocycles. The molecule has 1 amide bonds. The van der Waals surface area contributed by atoms with E-state index < -0.39 is 5.54 Å². The van der Waals surface area contributed by atoms with Gasteiger partial charge in [0.05, 0.1) is 5.54 Å². The third-order valence-corrected chi connectivity index (χ3v) is 3.66. The first kappa shape index (κ1) is 14.8. The predicted molar refractivity (Wildman–Crippen MR) is 72.6 cm³/mol. The maximum atomic E-state index is 12.1. The zero-order valence-corrected chi connectivity index (χ0v) is 12.0. The Morgan fingerprint density at radius 3 is 2.56 bits per heavy atom. The van der Waals surface area contributed by atoms with Gasteiger partial charge in [-0.25, -0.2) is 0 Å². The molecular weight excluding hydrogens is 228 g/mol. The molecular formula is C14H24N2O2. The molecule has 0 fully saturated rings. The highest BCUT2D eigenvalue weighted by Crippen LogP contribution is 2.19. The van der Waals surface area contributed by atoms with Crippen LogP contribution in [0, 0.1) is 12.8 Å². The molecule has 0 saturated heterocycles. The zero-order valence-electron chi connectivity index (χ0n) is 12.0. The van der Waals surface area contributed by atoms with Crippen LogP contribution in [0.3, 0.4) is 0 Å². The maximum Gasteiger partial charge on any atom is 0.287 e. The van der Waals surface area contributed by atoms with E-state index in [-0.39, 0.29) is 11.8 Å². The molecule has 0 aromatic carbocycles. The molecule has 0 aliphatic rings. The number of furan rings is 1. The van der Waals surface area contributed by atoms with Gasteiger partial charge in [0.25, 0.3) is 5.91 Å². The fraction of sp³-hybridized carbons (Fsp3) is 0.643. The lowest BCUT2D eigenvalue weighted by molar-refractivity contribution is 0.0853. The molecule has 102 valence electrons. The molecule has 1 aromatic rings. The van der Waals surface area contributed by atoms with E-state index in [0.717, 1.165) is 17.7 Å². The minimum absolute atomic E-state index is 0.195. The normalized spacial score (nSPS) is 14.6. The number of hydrogen-bond acceptors (Lipinski definition) is 3. The van der Waals surface area contributed by atoms with E-state index in [1.54, 1.807) is 6.07 Å². The van der Waals surface area contributed by atoms with Crippen molar-refractivity contribution >= 4 is 5.91 Å². The average Bonchev–Trinajstić information content (AvgIpc) is 2.70. The van der Waals surface area contributed by atoms with Gasteiger partial charge in [-0.05, 0) is 31.4 Å². The highest BCUT2D eigenvalue weighted by atomic mass is 16.4. The Kier molecular flexibility index (Phi) is 4.57. The first-order valence-electron chi connectivity index (χ1n) is 6.46. The SMILES string of the molecule is CCc1oc(C(=O)NC(C)(CN)C(C)C)cc1C. The number of hydrogen-bond donors (Lipinski definition) is 2. The quantitative estimate of drug-likeness (QED) is 0.844. The summed E-state index contributed by atoms with van der Waals surface area (Å²) in [5, 5.41) is 2.97. The summed E-state index contributed by atoms with van der Waals surface area (Å²) in [5.74, 6) is 1.29. The third kappa shape index (κ3) is 2.93. The molecule has 0 saturated carbocycles. The Labute approximate surface area is 109 Å². The van der Waals surface area contributed by atoms with Crippen molar-refractivity contribution in [3.8, 4) is 0 Å². The number of carbonyl (C=O) groups excluding carboxylic acids is 1. The molecule has 0 bridgehead atoms. The van der Waals surface area contributed by atoms with Gasteiger partial charge in [-0.1, -0.05) is 20.8 Å². The number of nitrogens with two attached hydrogens (primary N) is 1. The Morgan fingerprint density at radius 1 is 1.56 bits per heavy atom. The van der Waals surface area contributed by atoms with Crippen LogP contribution in [0.25, 0.3) is 0 Å². The fourth-order valence-corrected chi connectivity index (χ4v) is 1.73. The third-order valence-electron chi connectivity index (χ3n) is 3.66. The largest absolute Gasteiger partial charge is 0.456 e. The molecule has 1 unspecified atom stereocenters. The standard InChI is InChI=1S/C14H24N2O2/c1-6-11-10(4)7-12(18-11)13(17)16-14(5,8-15)9(2)3/h7,9H,6,8,15H2,1-5H3,(H,16,17). The second kappa shape index (κ2) is 5.57. The van der Waals surface area contributed by atoms with Gasteiger partial charge in [-0.3, -0.25) is 4.79 Å². The van der Waals surface area contributed by atoms with Crippen LogP contribution in [0.1, 0.15) is 49.6 Å². The summed E-state index contributed by atoms with van der Waals surface area (Å²) in [7, 11) is 0. The second-order valence-corrected chi connectivity index (χ2v) is 5.30. The Balaban J connectivity index is 2.87. The van der Waals surface area contributed by atoms with E-state index in [4.69, 9.17) is 10.2 Å². The van der Waals surface area contributed by atoms with E-state index in [9.17, 15) is 4.79 Å². The highest BCUT2D eigenvalue weighted by molar-refractivity contribution is 5.92. The summed E-state index contributed by atoms with van der Waals surface area (Å²) < 4.78 is 5.54. The van der Waals surface area contributed by atoms with Gasteiger partial charge in [-0.15, -0.1) is 0 Å². The van der Waals surface area contributed by atoms with Crippen LogP contribution in [-0.4, -0.2) is 18.0 Å². The van der Waals surface area contributed by atoms with Crippen LogP contribution < -0.4 is 11.1 Å². The first-order valence-corrected chi connectivity index (χ1v) is 6.46. The van der Waals surface area contributed by atoms with Gasteiger partial charge in [0.1, 0.15) is 5.76 Å². The fourth-order valence-electron chi connectivity index (χ4n) is 1.73. The summed E-state index contributed by atoms with van der Waals surface area (Å²) in [4.78, 5) is 12.1. The van der Waals surface area contributed by atoms with Crippen molar-refractivity contribution in [2.45, 2.75) is 46.6 Å². The number of rotatable bonds is 5. The number of nitrogens with one attached hydrogen (secondary N) is 1. The summed E-state index contributed by atoms with van der Waals surface area (Å²) in [6.45, 7) is 10.4. The van der Waals surface area contributed by atoms with Gasteiger partial charge in [0, 0.05) is 13.0 Å². The zero-order chi connectivity index (χ0) is 13.9. The van der Waals surface area contributed by atoms with Crippen LogP contribution in [0.5, 0.6) is 0 Å². The van der Waals surface area contributed by atoms with Crippen molar-refractivity contribution in [1.29, 1.82) is 0 Å². The summed E-state index contributed by atoms with van der Waals surface area (Å²) in [5.41, 5.74) is 6.35. The molecule has 18 heavy (non-hydrogen) atoms. The Morgan fingerprint density at radius 2 is 2.17 bits per heavy atom. The Bertz CT molecular complexity index is 423. The monoisotopic (exact) mass is 252 g/mol. The van der Waals surface area contributed by atoms with Gasteiger partial charge < -0.3 is 15.5 Å². The molecule has 3 N–H and O–H groups in total. The first-order chi connectivity index (χ1) is 8.34. The number of amides is 1. The number of aryl methyl sites for hydroxylation is 2. The summed E-state index contributed by atoms with van der Waals surface area (Å²) >= 11 is 0. The lowest BCUT2D eigenvalue weighted by atomic mass is 9.88.